The Morgan fingerprint density at radius 2 is 1.83 bits per heavy atom. The lowest BCUT2D eigenvalue weighted by atomic mass is 9.80. The largest absolute Gasteiger partial charge is 0.461 e. The highest BCUT2D eigenvalue weighted by atomic mass is 127. The normalized spacial score (nSPS) is 18.1. The molecule has 1 aromatic heterocycles. The highest BCUT2D eigenvalue weighted by Gasteiger charge is 2.45. The Hall–Kier alpha value is -3.10. The van der Waals surface area contributed by atoms with Crippen molar-refractivity contribution in [2.45, 2.75) is 60.1 Å². The van der Waals surface area contributed by atoms with Crippen LogP contribution in [0.3, 0.4) is 0 Å². The van der Waals surface area contributed by atoms with Crippen molar-refractivity contribution in [1.82, 2.24) is 15.6 Å². The summed E-state index contributed by atoms with van der Waals surface area (Å²) in [5, 5.41) is 5.24. The summed E-state index contributed by atoms with van der Waals surface area (Å²) in [6, 6.07) is 12.4. The van der Waals surface area contributed by atoms with Gasteiger partial charge in [0, 0.05) is 42.0 Å². The molecule has 2 N–H and O–H groups in total. The maximum atomic E-state index is 14.9. The minimum atomic E-state index is -4.92. The van der Waals surface area contributed by atoms with Crippen LogP contribution >= 0.6 is 22.6 Å². The van der Waals surface area contributed by atoms with Crippen molar-refractivity contribution in [2.24, 2.45) is 0 Å². The Balaban J connectivity index is 1.85. The third-order valence-corrected chi connectivity index (χ3v) is 7.55. The molecule has 220 valence electrons. The summed E-state index contributed by atoms with van der Waals surface area (Å²) in [4.78, 5) is 17.8. The molecule has 0 saturated heterocycles. The van der Waals surface area contributed by atoms with E-state index in [1.807, 2.05) is 0 Å². The van der Waals surface area contributed by atoms with Crippen LogP contribution in [0.2, 0.25) is 0 Å². The highest BCUT2D eigenvalue weighted by molar-refractivity contribution is 14.1. The molecular weight excluding hydrogens is 670 g/mol. The summed E-state index contributed by atoms with van der Waals surface area (Å²) < 4.78 is 101. The van der Waals surface area contributed by atoms with Gasteiger partial charge in [-0.1, -0.05) is 59.0 Å². The molecule has 2 atom stereocenters. The van der Waals surface area contributed by atoms with Gasteiger partial charge in [-0.05, 0) is 41.3 Å². The van der Waals surface area contributed by atoms with Crippen LogP contribution in [0.5, 0.6) is 5.75 Å². The molecule has 5 nitrogen and oxygen atoms in total. The van der Waals surface area contributed by atoms with Crippen molar-refractivity contribution in [3.8, 4) is 5.75 Å². The minimum Gasteiger partial charge on any atom is -0.428 e. The molecule has 41 heavy (non-hydrogen) atoms. The van der Waals surface area contributed by atoms with Crippen LogP contribution in [0.1, 0.15) is 41.6 Å². The molecule has 1 fully saturated rings. The number of nitrogens with one attached hydrogen (secondary N) is 2. The zero-order valence-electron chi connectivity index (χ0n) is 21.3. The summed E-state index contributed by atoms with van der Waals surface area (Å²) in [5.41, 5.74) is -0.372. The number of alkyl halides is 7. The number of ether oxygens (including phenoxy) is 1. The Morgan fingerprint density at radius 1 is 1.10 bits per heavy atom. The van der Waals surface area contributed by atoms with Gasteiger partial charge in [0.15, 0.2) is 0 Å². The van der Waals surface area contributed by atoms with E-state index in [1.165, 1.54) is 6.20 Å². The average molecular weight is 695 g/mol. The van der Waals surface area contributed by atoms with E-state index >= 15 is 0 Å². The summed E-state index contributed by atoms with van der Waals surface area (Å²) in [6.07, 6.45) is -8.67. The van der Waals surface area contributed by atoms with Crippen molar-refractivity contribution >= 4 is 28.6 Å². The van der Waals surface area contributed by atoms with Crippen LogP contribution in [-0.4, -0.2) is 35.5 Å². The maximum absolute atomic E-state index is 14.9. The topological polar surface area (TPSA) is 63.2 Å². The number of hydrogen-bond donors (Lipinski definition) is 2. The molecule has 4 rings (SSSR count). The van der Waals surface area contributed by atoms with Gasteiger partial charge >= 0.3 is 18.6 Å². The second-order valence-electron chi connectivity index (χ2n) is 9.79. The Kier molecular flexibility index (Phi) is 9.34. The molecule has 1 aliphatic rings. The zero-order valence-corrected chi connectivity index (χ0v) is 23.5. The second kappa shape index (κ2) is 12.4. The predicted octanol–water partition coefficient (Wildman–Crippen LogP) is 7.37. The predicted molar refractivity (Wildman–Crippen MR) is 145 cm³/mol. The number of carbonyl (C=O) groups is 1. The van der Waals surface area contributed by atoms with Crippen molar-refractivity contribution in [2.75, 3.05) is 0 Å². The summed E-state index contributed by atoms with van der Waals surface area (Å²) >= 11 is 2.11. The molecule has 0 radical (unpaired) electrons. The van der Waals surface area contributed by atoms with Crippen LogP contribution in [0.25, 0.3) is 0 Å². The summed E-state index contributed by atoms with van der Waals surface area (Å²) in [5.74, 6) is -4.97. The lowest BCUT2D eigenvalue weighted by Crippen LogP contribution is -2.54. The van der Waals surface area contributed by atoms with Gasteiger partial charge in [0.05, 0.1) is 5.69 Å². The van der Waals surface area contributed by atoms with Crippen molar-refractivity contribution in [1.29, 1.82) is 0 Å². The van der Waals surface area contributed by atoms with Gasteiger partial charge in [0.1, 0.15) is 17.1 Å². The molecule has 1 aliphatic carbocycles. The molecule has 3 aromatic rings. The van der Waals surface area contributed by atoms with E-state index in [9.17, 15) is 35.5 Å². The molecular formula is C28H25F7IN3O2. The molecule has 2 aromatic carbocycles. The number of aromatic nitrogens is 1. The second-order valence-corrected chi connectivity index (χ2v) is 10.6. The Morgan fingerprint density at radius 3 is 2.41 bits per heavy atom. The van der Waals surface area contributed by atoms with Crippen LogP contribution < -0.4 is 15.4 Å². The number of urea groups is 1. The van der Waals surface area contributed by atoms with E-state index in [2.05, 4.69) is 42.9 Å². The van der Waals surface area contributed by atoms with E-state index in [4.69, 9.17) is 0 Å². The van der Waals surface area contributed by atoms with E-state index < -0.39 is 60.5 Å². The smallest absolute Gasteiger partial charge is 0.428 e. The Labute approximate surface area is 245 Å². The van der Waals surface area contributed by atoms with Gasteiger partial charge in [0.25, 0.3) is 0 Å². The van der Waals surface area contributed by atoms with E-state index in [0.29, 0.717) is 16.1 Å². The standard InChI is InChI=1S/C28H25F7IN3O2/c29-20-10-19(11-22(12-20)41-28(34,35)24(30)31)27(13-17-4-2-1-3-5-17,23-7-6-18(15-36)16-37-23)39-25(40)38-21-8-9-26(32,33)14-21/h1-7,10-12,16,21,24H,8-9,13-15H2,(H2,38,39,40)/t21-,27-/m0/s1. The summed E-state index contributed by atoms with van der Waals surface area (Å²) in [6.45, 7) is 0. The number of pyridine rings is 1. The number of rotatable bonds is 10. The van der Waals surface area contributed by atoms with E-state index in [0.717, 1.165) is 17.7 Å². The lowest BCUT2D eigenvalue weighted by molar-refractivity contribution is -0.253. The first-order valence-corrected chi connectivity index (χ1v) is 14.0. The van der Waals surface area contributed by atoms with Gasteiger partial charge in [0.2, 0.25) is 5.92 Å². The van der Waals surface area contributed by atoms with Crippen molar-refractivity contribution in [3.05, 3.63) is 95.1 Å². The fourth-order valence-electron chi connectivity index (χ4n) is 4.74. The van der Waals surface area contributed by atoms with E-state index in [-0.39, 0.29) is 24.1 Å². The molecule has 2 amide bonds. The van der Waals surface area contributed by atoms with E-state index in [1.54, 1.807) is 42.5 Å². The highest BCUT2D eigenvalue weighted by Crippen LogP contribution is 2.38. The molecule has 13 heteroatoms. The number of halogens is 8. The number of hydrogen-bond acceptors (Lipinski definition) is 3. The van der Waals surface area contributed by atoms with Crippen LogP contribution in [0, 0.1) is 5.82 Å². The first-order valence-electron chi connectivity index (χ1n) is 12.5. The molecule has 0 aliphatic heterocycles. The van der Waals surface area contributed by atoms with Gasteiger partial charge in [-0.25, -0.2) is 18.0 Å². The fraction of sp³-hybridized carbons (Fsp3) is 0.357. The van der Waals surface area contributed by atoms with Crippen molar-refractivity contribution in [3.63, 3.8) is 0 Å². The van der Waals surface area contributed by atoms with Crippen LogP contribution in [-0.2, 0) is 16.4 Å². The Bertz CT molecular complexity index is 1350. The molecule has 0 unspecified atom stereocenters. The summed E-state index contributed by atoms with van der Waals surface area (Å²) in [7, 11) is 0. The molecule has 1 saturated carbocycles. The monoisotopic (exact) mass is 695 g/mol. The third-order valence-electron chi connectivity index (χ3n) is 6.67. The zero-order chi connectivity index (χ0) is 29.8. The number of amides is 2. The lowest BCUT2D eigenvalue weighted by Gasteiger charge is -2.36. The SMILES string of the molecule is O=C(N[C@H]1CCC(F)(F)C1)N[C@@](Cc1ccccc1)(c1cc(F)cc(OC(F)(F)C(F)F)c1)c1ccc(CI)cn1. The molecule has 0 bridgehead atoms. The van der Waals surface area contributed by atoms with Gasteiger partial charge < -0.3 is 15.4 Å². The van der Waals surface area contributed by atoms with Crippen LogP contribution in [0.4, 0.5) is 35.5 Å². The average Bonchev–Trinajstić information content (AvgIpc) is 3.25. The fourth-order valence-corrected chi connectivity index (χ4v) is 5.19. The van der Waals surface area contributed by atoms with Crippen LogP contribution in [0.15, 0.2) is 66.9 Å². The quantitative estimate of drug-likeness (QED) is 0.132. The van der Waals surface area contributed by atoms with Gasteiger partial charge in [-0.15, -0.1) is 0 Å². The minimum absolute atomic E-state index is 0.0232. The third kappa shape index (κ3) is 7.60. The van der Waals surface area contributed by atoms with Crippen molar-refractivity contribution < 1.29 is 40.3 Å². The maximum Gasteiger partial charge on any atom is 0.461 e. The van der Waals surface area contributed by atoms with Gasteiger partial charge in [-0.2, -0.15) is 17.6 Å². The number of nitrogens with zero attached hydrogens (tertiary/aromatic N) is 1. The van der Waals surface area contributed by atoms with Gasteiger partial charge in [-0.3, -0.25) is 4.98 Å². The first kappa shape index (κ1) is 30.8. The number of benzene rings is 2. The number of carbonyl (C=O) groups excluding carboxylic acids is 1. The molecule has 1 heterocycles. The molecule has 0 spiro atoms. The first-order chi connectivity index (χ1) is 19.3.